The molecule has 0 aliphatic carbocycles. The predicted molar refractivity (Wildman–Crippen MR) is 90.0 cm³/mol. The smallest absolute Gasteiger partial charge is 0.241 e. The Morgan fingerprint density at radius 1 is 1.27 bits per heavy atom. The third kappa shape index (κ3) is 4.75. The maximum Gasteiger partial charge on any atom is 0.241 e. The molecule has 0 aromatic carbocycles. The number of carbonyl (C=O) groups excluding carboxylic acids is 2. The molecule has 2 heterocycles. The molecule has 2 N–H and O–H groups in total. The average molecular weight is 359 g/mol. The summed E-state index contributed by atoms with van der Waals surface area (Å²) in [4.78, 5) is 32.6. The van der Waals surface area contributed by atoms with Gasteiger partial charge in [-0.15, -0.1) is 34.3 Å². The number of aromatic nitrogens is 2. The van der Waals surface area contributed by atoms with Crippen LogP contribution < -0.4 is 10.6 Å². The fraction of sp³-hybridized carbons (Fsp3) is 0.385. The molecule has 0 fully saturated rings. The van der Waals surface area contributed by atoms with Crippen LogP contribution in [0.25, 0.3) is 0 Å². The van der Waals surface area contributed by atoms with Crippen LogP contribution in [0.4, 0.5) is 10.3 Å². The van der Waals surface area contributed by atoms with Crippen LogP contribution in [0.2, 0.25) is 0 Å². The number of halogens is 1. The van der Waals surface area contributed by atoms with E-state index in [1.807, 2.05) is 0 Å². The van der Waals surface area contributed by atoms with Gasteiger partial charge in [0.1, 0.15) is 5.88 Å². The topological polar surface area (TPSA) is 84.0 Å². The molecule has 22 heavy (non-hydrogen) atoms. The van der Waals surface area contributed by atoms with Gasteiger partial charge < -0.3 is 10.6 Å². The fourth-order valence-electron chi connectivity index (χ4n) is 1.54. The third-order valence-electron chi connectivity index (χ3n) is 2.60. The highest BCUT2D eigenvalue weighted by Gasteiger charge is 2.12. The molecule has 2 aromatic rings. The van der Waals surface area contributed by atoms with Crippen LogP contribution >= 0.6 is 34.3 Å². The Balaban J connectivity index is 1.90. The van der Waals surface area contributed by atoms with E-state index in [0.717, 1.165) is 4.88 Å². The van der Waals surface area contributed by atoms with Gasteiger partial charge in [-0.05, 0) is 5.92 Å². The molecule has 118 valence electrons. The van der Waals surface area contributed by atoms with E-state index in [9.17, 15) is 9.59 Å². The van der Waals surface area contributed by atoms with Crippen molar-refractivity contribution in [3.8, 4) is 0 Å². The van der Waals surface area contributed by atoms with Crippen molar-refractivity contribution in [3.63, 3.8) is 0 Å². The van der Waals surface area contributed by atoms with Gasteiger partial charge in [-0.2, -0.15) is 0 Å². The lowest BCUT2D eigenvalue weighted by Crippen LogP contribution is -2.15. The maximum atomic E-state index is 12.0. The van der Waals surface area contributed by atoms with Crippen LogP contribution in [-0.2, 0) is 16.0 Å². The first-order valence-electron chi connectivity index (χ1n) is 6.53. The fourth-order valence-corrected chi connectivity index (χ4v) is 3.17. The summed E-state index contributed by atoms with van der Waals surface area (Å²) in [5, 5.41) is 8.04. The summed E-state index contributed by atoms with van der Waals surface area (Å²) in [6, 6.07) is 0. The molecular weight excluding hydrogens is 344 g/mol. The van der Waals surface area contributed by atoms with Crippen LogP contribution in [0.15, 0.2) is 11.6 Å². The Morgan fingerprint density at radius 2 is 2.00 bits per heavy atom. The summed E-state index contributed by atoms with van der Waals surface area (Å²) in [5.74, 6) is -0.256. The molecule has 0 bridgehead atoms. The number of hydrogen-bond acceptors (Lipinski definition) is 6. The van der Waals surface area contributed by atoms with Crippen LogP contribution in [0.5, 0.6) is 0 Å². The Labute approximate surface area is 140 Å². The molecule has 0 aliphatic heterocycles. The molecule has 2 aromatic heterocycles. The minimum atomic E-state index is -0.323. The Bertz CT molecular complexity index is 669. The second-order valence-corrected chi connectivity index (χ2v) is 6.96. The van der Waals surface area contributed by atoms with Gasteiger partial charge in [-0.3, -0.25) is 9.59 Å². The van der Waals surface area contributed by atoms with Crippen molar-refractivity contribution >= 4 is 56.4 Å². The van der Waals surface area contributed by atoms with Gasteiger partial charge in [0.15, 0.2) is 10.3 Å². The largest absolute Gasteiger partial charge is 0.302 e. The predicted octanol–water partition coefficient (Wildman–Crippen LogP) is 3.08. The summed E-state index contributed by atoms with van der Waals surface area (Å²) in [6.07, 6.45) is 1.90. The van der Waals surface area contributed by atoms with Crippen molar-refractivity contribution in [3.05, 3.63) is 22.1 Å². The molecule has 0 spiro atoms. The van der Waals surface area contributed by atoms with Gasteiger partial charge in [-0.1, -0.05) is 13.8 Å². The van der Waals surface area contributed by atoms with Crippen molar-refractivity contribution in [2.75, 3.05) is 16.5 Å². The Morgan fingerprint density at radius 3 is 2.64 bits per heavy atom. The summed E-state index contributed by atoms with van der Waals surface area (Å²) in [5.41, 5.74) is 0.591. The maximum absolute atomic E-state index is 12.0. The van der Waals surface area contributed by atoms with E-state index in [2.05, 4.69) is 34.4 Å². The molecule has 0 unspecified atom stereocenters. The quantitative estimate of drug-likeness (QED) is 0.777. The number of carbonyl (C=O) groups is 2. The number of nitrogens with one attached hydrogen (secondary N) is 2. The molecule has 6 nitrogen and oxygen atoms in total. The molecule has 9 heteroatoms. The second kappa shape index (κ2) is 7.66. The van der Waals surface area contributed by atoms with Crippen molar-refractivity contribution in [1.29, 1.82) is 0 Å². The van der Waals surface area contributed by atoms with Crippen molar-refractivity contribution in [2.45, 2.75) is 26.2 Å². The van der Waals surface area contributed by atoms with Crippen LogP contribution in [0.3, 0.4) is 0 Å². The van der Waals surface area contributed by atoms with Crippen molar-refractivity contribution in [2.24, 2.45) is 0 Å². The van der Waals surface area contributed by atoms with E-state index in [1.165, 1.54) is 22.7 Å². The first kappa shape index (κ1) is 16.9. The average Bonchev–Trinajstić information content (AvgIpc) is 3.08. The Hall–Kier alpha value is -1.51. The number of rotatable bonds is 6. The van der Waals surface area contributed by atoms with Gasteiger partial charge in [0, 0.05) is 16.5 Å². The number of alkyl halides is 1. The zero-order valence-electron chi connectivity index (χ0n) is 12.1. The molecule has 0 saturated carbocycles. The van der Waals surface area contributed by atoms with E-state index >= 15 is 0 Å². The summed E-state index contributed by atoms with van der Waals surface area (Å²) < 4.78 is 0. The van der Waals surface area contributed by atoms with Crippen molar-refractivity contribution in [1.82, 2.24) is 9.97 Å². The lowest BCUT2D eigenvalue weighted by Gasteiger charge is -2.00. The summed E-state index contributed by atoms with van der Waals surface area (Å²) >= 11 is 8.12. The van der Waals surface area contributed by atoms with Crippen molar-refractivity contribution < 1.29 is 9.59 Å². The van der Waals surface area contributed by atoms with Crippen LogP contribution in [0.1, 0.15) is 30.3 Å². The lowest BCUT2D eigenvalue weighted by atomic mass is 10.2. The van der Waals surface area contributed by atoms with E-state index < -0.39 is 0 Å². The molecule has 0 saturated heterocycles. The van der Waals surface area contributed by atoms with Gasteiger partial charge in [0.25, 0.3) is 0 Å². The van der Waals surface area contributed by atoms with Crippen LogP contribution in [-0.4, -0.2) is 27.7 Å². The zero-order valence-corrected chi connectivity index (χ0v) is 14.4. The van der Waals surface area contributed by atoms with E-state index in [1.54, 1.807) is 11.6 Å². The lowest BCUT2D eigenvalue weighted by molar-refractivity contribution is -0.115. The second-order valence-electron chi connectivity index (χ2n) is 4.77. The zero-order chi connectivity index (χ0) is 16.1. The summed E-state index contributed by atoms with van der Waals surface area (Å²) in [7, 11) is 0. The first-order valence-corrected chi connectivity index (χ1v) is 8.76. The number of nitrogens with zero attached hydrogens (tertiary/aromatic N) is 2. The van der Waals surface area contributed by atoms with Crippen LogP contribution in [0, 0.1) is 0 Å². The van der Waals surface area contributed by atoms with Gasteiger partial charge in [0.2, 0.25) is 11.8 Å². The monoisotopic (exact) mass is 358 g/mol. The van der Waals surface area contributed by atoms with Gasteiger partial charge >= 0.3 is 0 Å². The number of amides is 2. The first-order chi connectivity index (χ1) is 10.5. The number of thiazole rings is 2. The number of hydrogen-bond donors (Lipinski definition) is 2. The SMILES string of the molecule is CC(C)c1cnc(NC(=O)Cc2csc(NC(=O)CCl)n2)s1. The molecule has 2 rings (SSSR count). The van der Waals surface area contributed by atoms with E-state index in [-0.39, 0.29) is 24.1 Å². The van der Waals surface area contributed by atoms with E-state index in [4.69, 9.17) is 11.6 Å². The van der Waals surface area contributed by atoms with Gasteiger partial charge in [0.05, 0.1) is 12.1 Å². The molecule has 2 amide bonds. The minimum absolute atomic E-state index is 0.127. The third-order valence-corrected chi connectivity index (χ3v) is 4.86. The number of anilines is 2. The molecule has 0 aliphatic rings. The minimum Gasteiger partial charge on any atom is -0.302 e. The highest BCUT2D eigenvalue weighted by atomic mass is 35.5. The molecule has 0 radical (unpaired) electrons. The van der Waals surface area contributed by atoms with E-state index in [0.29, 0.717) is 21.9 Å². The highest BCUT2D eigenvalue weighted by molar-refractivity contribution is 7.15. The standard InChI is InChI=1S/C13H15ClN4O2S2/c1-7(2)9-5-15-12(22-9)17-10(19)3-8-6-21-13(16-8)18-11(20)4-14/h5-7H,3-4H2,1-2H3,(H,15,17,19)(H,16,18,20). The molecular formula is C13H15ClN4O2S2. The highest BCUT2D eigenvalue weighted by Crippen LogP contribution is 2.25. The van der Waals surface area contributed by atoms with Gasteiger partial charge in [-0.25, -0.2) is 9.97 Å². The normalized spacial score (nSPS) is 10.7. The molecule has 0 atom stereocenters. The Kier molecular flexibility index (Phi) is 5.87. The summed E-state index contributed by atoms with van der Waals surface area (Å²) in [6.45, 7) is 4.15.